The lowest BCUT2D eigenvalue weighted by molar-refractivity contribution is 0.102. The summed E-state index contributed by atoms with van der Waals surface area (Å²) in [6, 6.07) is 20.7. The average molecular weight is 442 g/mol. The van der Waals surface area contributed by atoms with Crippen molar-refractivity contribution in [2.24, 2.45) is 0 Å². The maximum atomic E-state index is 12.8. The number of nitrogens with one attached hydrogen (secondary N) is 1. The predicted molar refractivity (Wildman–Crippen MR) is 126 cm³/mol. The lowest BCUT2D eigenvalue weighted by Gasteiger charge is -2.07. The van der Waals surface area contributed by atoms with Crippen molar-refractivity contribution in [1.82, 2.24) is 10.1 Å². The normalized spacial score (nSPS) is 10.9. The van der Waals surface area contributed by atoms with E-state index in [1.165, 1.54) is 5.56 Å². The van der Waals surface area contributed by atoms with Gasteiger partial charge in [0.05, 0.1) is 12.5 Å². The number of rotatable bonds is 5. The van der Waals surface area contributed by atoms with Crippen molar-refractivity contribution in [3.8, 4) is 27.7 Å². The molecule has 2 aromatic heterocycles. The highest BCUT2D eigenvalue weighted by Crippen LogP contribution is 2.33. The number of thiazole rings is 1. The van der Waals surface area contributed by atoms with Gasteiger partial charge in [-0.15, -0.1) is 11.3 Å². The van der Waals surface area contributed by atoms with Crippen molar-refractivity contribution >= 4 is 33.9 Å². The van der Waals surface area contributed by atoms with Gasteiger partial charge < -0.3 is 14.6 Å². The number of anilines is 1. The Morgan fingerprint density at radius 2 is 1.91 bits per heavy atom. The van der Waals surface area contributed by atoms with E-state index in [0.29, 0.717) is 28.3 Å². The van der Waals surface area contributed by atoms with E-state index >= 15 is 0 Å². The predicted octanol–water partition coefficient (Wildman–Crippen LogP) is 6.19. The number of hydrogen-bond acceptors (Lipinski definition) is 6. The van der Waals surface area contributed by atoms with Crippen LogP contribution in [-0.2, 0) is 0 Å². The summed E-state index contributed by atoms with van der Waals surface area (Å²) in [7, 11) is 1.59. The Hall–Kier alpha value is -3.97. The van der Waals surface area contributed by atoms with Crippen LogP contribution >= 0.6 is 11.3 Å². The van der Waals surface area contributed by atoms with Gasteiger partial charge >= 0.3 is 0 Å². The van der Waals surface area contributed by atoms with Crippen LogP contribution < -0.4 is 10.1 Å². The topological polar surface area (TPSA) is 77.2 Å². The Labute approximate surface area is 188 Å². The minimum absolute atomic E-state index is 0.231. The van der Waals surface area contributed by atoms with Gasteiger partial charge in [0, 0.05) is 28.3 Å². The fourth-order valence-corrected chi connectivity index (χ4v) is 4.19. The molecule has 1 amide bonds. The van der Waals surface area contributed by atoms with Gasteiger partial charge in [0.15, 0.2) is 5.58 Å². The van der Waals surface area contributed by atoms with Gasteiger partial charge in [0.25, 0.3) is 5.91 Å². The lowest BCUT2D eigenvalue weighted by Crippen LogP contribution is -2.11. The second-order valence-corrected chi connectivity index (χ2v) is 8.19. The lowest BCUT2D eigenvalue weighted by atomic mass is 10.1. The SMILES string of the molecule is COc1cccc(NC(=O)c2ccc3onc(-c4csc(-c5ccc(C)cc5)n4)c3c2)c1. The van der Waals surface area contributed by atoms with E-state index < -0.39 is 0 Å². The molecule has 0 aliphatic carbocycles. The maximum absolute atomic E-state index is 12.8. The molecule has 0 unspecified atom stereocenters. The first-order valence-corrected chi connectivity index (χ1v) is 10.9. The molecule has 0 fully saturated rings. The Morgan fingerprint density at radius 3 is 2.72 bits per heavy atom. The number of hydrogen-bond donors (Lipinski definition) is 1. The summed E-state index contributed by atoms with van der Waals surface area (Å²) in [5, 5.41) is 10.7. The van der Waals surface area contributed by atoms with Crippen LogP contribution in [0.5, 0.6) is 5.75 Å². The third kappa shape index (κ3) is 3.86. The first kappa shape index (κ1) is 20.0. The number of ether oxygens (including phenoxy) is 1. The number of methoxy groups -OCH3 is 1. The molecule has 0 aliphatic heterocycles. The Balaban J connectivity index is 1.45. The molecule has 0 atom stereocenters. The Bertz CT molecular complexity index is 1420. The van der Waals surface area contributed by atoms with Crippen LogP contribution in [0.1, 0.15) is 15.9 Å². The summed E-state index contributed by atoms with van der Waals surface area (Å²) >= 11 is 1.55. The quantitative estimate of drug-likeness (QED) is 0.352. The van der Waals surface area contributed by atoms with Crippen LogP contribution in [0.25, 0.3) is 32.9 Å². The van der Waals surface area contributed by atoms with Crippen molar-refractivity contribution < 1.29 is 14.1 Å². The molecule has 5 aromatic rings. The highest BCUT2D eigenvalue weighted by atomic mass is 32.1. The maximum Gasteiger partial charge on any atom is 0.255 e. The van der Waals surface area contributed by atoms with E-state index in [0.717, 1.165) is 21.7 Å². The second kappa shape index (κ2) is 8.28. The molecule has 0 radical (unpaired) electrons. The van der Waals surface area contributed by atoms with Gasteiger partial charge in [-0.1, -0.05) is 41.1 Å². The molecule has 2 heterocycles. The number of fused-ring (bicyclic) bond motifs is 1. The fourth-order valence-electron chi connectivity index (χ4n) is 3.38. The van der Waals surface area contributed by atoms with Crippen molar-refractivity contribution in [3.05, 3.63) is 83.2 Å². The van der Waals surface area contributed by atoms with Crippen LogP contribution in [0.15, 0.2) is 76.6 Å². The molecule has 6 nitrogen and oxygen atoms in total. The molecule has 0 spiro atoms. The zero-order valence-corrected chi connectivity index (χ0v) is 18.3. The number of nitrogens with zero attached hydrogens (tertiary/aromatic N) is 2. The molecule has 0 bridgehead atoms. The van der Waals surface area contributed by atoms with Crippen LogP contribution in [0.2, 0.25) is 0 Å². The molecular formula is C25H19N3O3S. The Kier molecular flexibility index (Phi) is 5.17. The van der Waals surface area contributed by atoms with Gasteiger partial charge in [-0.3, -0.25) is 4.79 Å². The number of amides is 1. The molecule has 0 aliphatic rings. The third-order valence-corrected chi connectivity index (χ3v) is 6.00. The van der Waals surface area contributed by atoms with E-state index in [1.54, 1.807) is 42.7 Å². The zero-order chi connectivity index (χ0) is 22.1. The van der Waals surface area contributed by atoms with Crippen molar-refractivity contribution in [3.63, 3.8) is 0 Å². The second-order valence-electron chi connectivity index (χ2n) is 7.33. The van der Waals surface area contributed by atoms with Crippen LogP contribution in [0.4, 0.5) is 5.69 Å². The van der Waals surface area contributed by atoms with Crippen molar-refractivity contribution in [2.45, 2.75) is 6.92 Å². The molecule has 0 saturated heterocycles. The summed E-state index contributed by atoms with van der Waals surface area (Å²) < 4.78 is 10.7. The number of carbonyl (C=O) groups excluding carboxylic acids is 1. The van der Waals surface area contributed by atoms with E-state index in [-0.39, 0.29) is 5.91 Å². The van der Waals surface area contributed by atoms with Gasteiger partial charge in [-0.25, -0.2) is 4.98 Å². The molecule has 158 valence electrons. The van der Waals surface area contributed by atoms with Gasteiger partial charge in [0.1, 0.15) is 22.1 Å². The van der Waals surface area contributed by atoms with Gasteiger partial charge in [-0.05, 0) is 37.3 Å². The van der Waals surface area contributed by atoms with E-state index in [9.17, 15) is 4.79 Å². The highest BCUT2D eigenvalue weighted by Gasteiger charge is 2.17. The first-order valence-electron chi connectivity index (χ1n) is 9.98. The molecule has 5 rings (SSSR count). The largest absolute Gasteiger partial charge is 0.497 e. The molecule has 32 heavy (non-hydrogen) atoms. The Morgan fingerprint density at radius 1 is 1.06 bits per heavy atom. The number of carbonyl (C=O) groups is 1. The van der Waals surface area contributed by atoms with Crippen LogP contribution in [0, 0.1) is 6.92 Å². The summed E-state index contributed by atoms with van der Waals surface area (Å²) in [4.78, 5) is 17.6. The zero-order valence-electron chi connectivity index (χ0n) is 17.5. The summed E-state index contributed by atoms with van der Waals surface area (Å²) in [6.45, 7) is 2.06. The number of benzene rings is 3. The van der Waals surface area contributed by atoms with Gasteiger partial charge in [-0.2, -0.15) is 0 Å². The molecule has 7 heteroatoms. The smallest absolute Gasteiger partial charge is 0.255 e. The number of aromatic nitrogens is 2. The van der Waals surface area contributed by atoms with Gasteiger partial charge in [0.2, 0.25) is 0 Å². The minimum Gasteiger partial charge on any atom is -0.497 e. The molecular weight excluding hydrogens is 422 g/mol. The average Bonchev–Trinajstić information content (AvgIpc) is 3.46. The van der Waals surface area contributed by atoms with Crippen molar-refractivity contribution in [2.75, 3.05) is 12.4 Å². The van der Waals surface area contributed by atoms with Crippen molar-refractivity contribution in [1.29, 1.82) is 0 Å². The summed E-state index contributed by atoms with van der Waals surface area (Å²) in [5.74, 6) is 0.443. The molecule has 3 aromatic carbocycles. The minimum atomic E-state index is -0.231. The monoisotopic (exact) mass is 441 g/mol. The van der Waals surface area contributed by atoms with Crippen LogP contribution in [0.3, 0.4) is 0 Å². The fraction of sp³-hybridized carbons (Fsp3) is 0.0800. The molecule has 0 saturated carbocycles. The molecule has 1 N–H and O–H groups in total. The third-order valence-electron chi connectivity index (χ3n) is 5.11. The van der Waals surface area contributed by atoms with E-state index in [2.05, 4.69) is 41.7 Å². The highest BCUT2D eigenvalue weighted by molar-refractivity contribution is 7.13. The number of aryl methyl sites for hydroxylation is 1. The standard InChI is InChI=1S/C25H19N3O3S/c1-15-6-8-16(9-7-15)25-27-21(14-32-25)23-20-12-17(10-11-22(20)31-28-23)24(29)26-18-4-3-5-19(13-18)30-2/h3-14H,1-2H3,(H,26,29). The van der Waals surface area contributed by atoms with E-state index in [1.807, 2.05) is 23.6 Å². The first-order chi connectivity index (χ1) is 15.6. The summed E-state index contributed by atoms with van der Waals surface area (Å²) in [6.07, 6.45) is 0. The van der Waals surface area contributed by atoms with E-state index in [4.69, 9.17) is 14.2 Å². The summed E-state index contributed by atoms with van der Waals surface area (Å²) in [5.41, 5.74) is 5.34. The van der Waals surface area contributed by atoms with Crippen LogP contribution in [-0.4, -0.2) is 23.2 Å².